The molecule has 0 aromatic heterocycles. The number of hydrogen-bond acceptors (Lipinski definition) is 5. The minimum atomic E-state index is -5.88. The zero-order valence-corrected chi connectivity index (χ0v) is 10.5. The quantitative estimate of drug-likeness (QED) is 0.733. The number of Topliss-reactive ketones (excluding diaryl/α,β-unsaturated/α-hetero) is 1. The van der Waals surface area contributed by atoms with Gasteiger partial charge in [-0.2, -0.15) is 13.2 Å². The molecule has 9 heteroatoms. The van der Waals surface area contributed by atoms with Crippen LogP contribution >= 0.6 is 0 Å². The normalized spacial score (nSPS) is 16.7. The lowest BCUT2D eigenvalue weighted by Gasteiger charge is -2.15. The Balaban J connectivity index is 3.50. The molecule has 0 aromatic carbocycles. The SMILES string of the molecule is CCOC(=O)C1=C(S(=O)(=O)C(F)(F)F)C(=O)CC=C1. The third kappa shape index (κ3) is 2.86. The van der Waals surface area contributed by atoms with Crippen LogP contribution in [-0.2, 0) is 24.2 Å². The maximum atomic E-state index is 12.5. The average Bonchev–Trinajstić information content (AvgIpc) is 2.27. The number of hydrogen-bond donors (Lipinski definition) is 0. The van der Waals surface area contributed by atoms with Gasteiger partial charge in [0.2, 0.25) is 0 Å². The second-order valence-electron chi connectivity index (χ2n) is 3.44. The zero-order chi connectivity index (χ0) is 14.8. The fourth-order valence-electron chi connectivity index (χ4n) is 1.38. The minimum absolute atomic E-state index is 0.163. The number of ketones is 1. The van der Waals surface area contributed by atoms with Gasteiger partial charge in [0.1, 0.15) is 4.91 Å². The van der Waals surface area contributed by atoms with E-state index in [1.165, 1.54) is 6.92 Å². The van der Waals surface area contributed by atoms with E-state index in [0.717, 1.165) is 12.2 Å². The van der Waals surface area contributed by atoms with Gasteiger partial charge in [-0.3, -0.25) is 4.79 Å². The van der Waals surface area contributed by atoms with E-state index < -0.39 is 44.0 Å². The monoisotopic (exact) mass is 298 g/mol. The Morgan fingerprint density at radius 1 is 1.42 bits per heavy atom. The average molecular weight is 298 g/mol. The highest BCUT2D eigenvalue weighted by Gasteiger charge is 2.52. The molecule has 0 atom stereocenters. The van der Waals surface area contributed by atoms with Crippen molar-refractivity contribution in [1.82, 2.24) is 0 Å². The predicted octanol–water partition coefficient (Wildman–Crippen LogP) is 1.27. The molecule has 0 amide bonds. The molecule has 1 rings (SSSR count). The summed E-state index contributed by atoms with van der Waals surface area (Å²) >= 11 is 0. The number of sulfone groups is 1. The molecular formula is C10H9F3O5S. The van der Waals surface area contributed by atoms with E-state index in [2.05, 4.69) is 4.74 Å². The standard InChI is InChI=1S/C10H9F3O5S/c1-2-18-9(15)6-4-3-5-7(14)8(6)19(16,17)10(11,12)13/h3-4H,2,5H2,1H3. The molecule has 1 aliphatic carbocycles. The highest BCUT2D eigenvalue weighted by Crippen LogP contribution is 2.34. The summed E-state index contributed by atoms with van der Waals surface area (Å²) in [6.45, 7) is 1.23. The summed E-state index contributed by atoms with van der Waals surface area (Å²) in [6.07, 6.45) is 1.43. The van der Waals surface area contributed by atoms with Crippen LogP contribution in [0.15, 0.2) is 22.6 Å². The largest absolute Gasteiger partial charge is 0.502 e. The molecule has 0 bridgehead atoms. The van der Waals surface area contributed by atoms with Crippen molar-refractivity contribution in [2.45, 2.75) is 18.9 Å². The van der Waals surface area contributed by atoms with Gasteiger partial charge in [0.15, 0.2) is 5.78 Å². The Morgan fingerprint density at radius 3 is 2.47 bits per heavy atom. The maximum absolute atomic E-state index is 12.5. The van der Waals surface area contributed by atoms with E-state index in [4.69, 9.17) is 0 Å². The van der Waals surface area contributed by atoms with Crippen LogP contribution in [0, 0.1) is 0 Å². The Hall–Kier alpha value is -1.64. The second-order valence-corrected chi connectivity index (χ2v) is 5.32. The van der Waals surface area contributed by atoms with Crippen molar-refractivity contribution in [2.24, 2.45) is 0 Å². The van der Waals surface area contributed by atoms with E-state index in [1.807, 2.05) is 0 Å². The van der Waals surface area contributed by atoms with Crippen LogP contribution in [0.25, 0.3) is 0 Å². The number of ether oxygens (including phenoxy) is 1. The molecule has 0 aromatic rings. The fraction of sp³-hybridized carbons (Fsp3) is 0.400. The van der Waals surface area contributed by atoms with E-state index in [-0.39, 0.29) is 6.61 Å². The van der Waals surface area contributed by atoms with Crippen LogP contribution in [0.4, 0.5) is 13.2 Å². The highest BCUT2D eigenvalue weighted by molar-refractivity contribution is 7.97. The van der Waals surface area contributed by atoms with Gasteiger partial charge in [0, 0.05) is 6.42 Å². The van der Waals surface area contributed by atoms with E-state index in [1.54, 1.807) is 0 Å². The number of alkyl halides is 3. The molecule has 0 aliphatic heterocycles. The van der Waals surface area contributed by atoms with Crippen molar-refractivity contribution in [1.29, 1.82) is 0 Å². The van der Waals surface area contributed by atoms with Crippen molar-refractivity contribution in [3.63, 3.8) is 0 Å². The molecule has 0 radical (unpaired) electrons. The summed E-state index contributed by atoms with van der Waals surface area (Å²) in [5.74, 6) is -2.57. The summed E-state index contributed by atoms with van der Waals surface area (Å²) in [4.78, 5) is 21.3. The van der Waals surface area contributed by atoms with Crippen LogP contribution in [0.2, 0.25) is 0 Å². The Labute approximate surface area is 106 Å². The van der Waals surface area contributed by atoms with Gasteiger partial charge in [-0.25, -0.2) is 13.2 Å². The van der Waals surface area contributed by atoms with Gasteiger partial charge in [0.05, 0.1) is 12.2 Å². The molecule has 0 saturated heterocycles. The van der Waals surface area contributed by atoms with Crippen LogP contribution in [-0.4, -0.2) is 32.3 Å². The van der Waals surface area contributed by atoms with Crippen molar-refractivity contribution < 1.29 is 35.9 Å². The first kappa shape index (κ1) is 15.4. The first-order valence-electron chi connectivity index (χ1n) is 5.05. The third-order valence-electron chi connectivity index (χ3n) is 2.15. The van der Waals surface area contributed by atoms with Crippen molar-refractivity contribution >= 4 is 21.6 Å². The number of carbonyl (C=O) groups is 2. The molecule has 5 nitrogen and oxygen atoms in total. The third-order valence-corrected chi connectivity index (χ3v) is 3.75. The Morgan fingerprint density at radius 2 is 2.00 bits per heavy atom. The number of rotatable bonds is 3. The van der Waals surface area contributed by atoms with Crippen molar-refractivity contribution in [2.75, 3.05) is 6.61 Å². The lowest BCUT2D eigenvalue weighted by molar-refractivity contribution is -0.138. The van der Waals surface area contributed by atoms with Crippen LogP contribution in [0.3, 0.4) is 0 Å². The lowest BCUT2D eigenvalue weighted by Crippen LogP contribution is -2.31. The smallest absolute Gasteiger partial charge is 0.462 e. The summed E-state index contributed by atoms with van der Waals surface area (Å²) in [7, 11) is -5.88. The molecule has 106 valence electrons. The zero-order valence-electron chi connectivity index (χ0n) is 9.65. The number of halogens is 3. The fourth-order valence-corrected chi connectivity index (χ4v) is 2.44. The Bertz CT molecular complexity index is 568. The molecule has 0 saturated carbocycles. The minimum Gasteiger partial charge on any atom is -0.462 e. The van der Waals surface area contributed by atoms with Crippen LogP contribution in [0.5, 0.6) is 0 Å². The highest BCUT2D eigenvalue weighted by atomic mass is 32.2. The molecule has 0 fully saturated rings. The molecule has 0 unspecified atom stereocenters. The van der Waals surface area contributed by atoms with Crippen molar-refractivity contribution in [3.8, 4) is 0 Å². The number of allylic oxidation sites excluding steroid dienone is 2. The number of esters is 1. The van der Waals surface area contributed by atoms with Gasteiger partial charge < -0.3 is 4.74 Å². The Kier molecular flexibility index (Phi) is 4.18. The van der Waals surface area contributed by atoms with Crippen LogP contribution in [0.1, 0.15) is 13.3 Å². The van der Waals surface area contributed by atoms with Gasteiger partial charge in [-0.15, -0.1) is 0 Å². The van der Waals surface area contributed by atoms with Gasteiger partial charge in [-0.05, 0) is 13.0 Å². The lowest BCUT2D eigenvalue weighted by atomic mass is 10.1. The van der Waals surface area contributed by atoms with Gasteiger partial charge in [-0.1, -0.05) is 6.08 Å². The van der Waals surface area contributed by atoms with E-state index in [0.29, 0.717) is 0 Å². The van der Waals surface area contributed by atoms with Gasteiger partial charge in [0.25, 0.3) is 9.84 Å². The molecule has 0 heterocycles. The molecular weight excluding hydrogens is 289 g/mol. The second kappa shape index (κ2) is 5.16. The summed E-state index contributed by atoms with van der Waals surface area (Å²) in [5, 5.41) is 0. The van der Waals surface area contributed by atoms with Gasteiger partial charge >= 0.3 is 11.5 Å². The van der Waals surface area contributed by atoms with Crippen LogP contribution < -0.4 is 0 Å². The summed E-state index contributed by atoms with van der Waals surface area (Å²) in [6, 6.07) is 0. The molecule has 0 N–H and O–H groups in total. The number of carbonyl (C=O) groups excluding carboxylic acids is 2. The molecule has 1 aliphatic rings. The summed E-state index contributed by atoms with van der Waals surface area (Å²) in [5.41, 5.74) is -6.54. The maximum Gasteiger partial charge on any atom is 0.502 e. The molecule has 19 heavy (non-hydrogen) atoms. The predicted molar refractivity (Wildman–Crippen MR) is 57.4 cm³/mol. The first-order chi connectivity index (χ1) is 8.63. The van der Waals surface area contributed by atoms with E-state index in [9.17, 15) is 31.2 Å². The topological polar surface area (TPSA) is 77.5 Å². The van der Waals surface area contributed by atoms with E-state index >= 15 is 0 Å². The molecule has 0 spiro atoms. The first-order valence-corrected chi connectivity index (χ1v) is 6.53. The summed E-state index contributed by atoms with van der Waals surface area (Å²) < 4.78 is 64.4. The van der Waals surface area contributed by atoms with Crippen molar-refractivity contribution in [3.05, 3.63) is 22.6 Å².